The third-order valence-corrected chi connectivity index (χ3v) is 7.52. The Hall–Kier alpha value is -4.24. The summed E-state index contributed by atoms with van der Waals surface area (Å²) < 4.78 is 1.62. The van der Waals surface area contributed by atoms with Crippen molar-refractivity contribution in [3.05, 3.63) is 82.9 Å². The van der Waals surface area contributed by atoms with Gasteiger partial charge in [0.25, 0.3) is 5.91 Å². The summed E-state index contributed by atoms with van der Waals surface area (Å²) in [5.74, 6) is 0.438. The first-order valence-electron chi connectivity index (χ1n) is 12.9. The lowest BCUT2D eigenvalue weighted by atomic mass is 9.95. The standard InChI is InChI=1S/C29H29N7OS/c1-19-31-25(18-38-19)20-9-8-14-23(15-20)34-29(37)26-17-30-28-24(32-21-10-4-2-5-11-21)16-27(35-36(26)28)33-22-12-6-3-7-13-22/h2,4-5,8-11,14-18,22,32H,3,6-7,12-13H2,1H3,(H,33,35)(H,34,37). The van der Waals surface area contributed by atoms with Crippen LogP contribution >= 0.6 is 11.3 Å². The lowest BCUT2D eigenvalue weighted by Gasteiger charge is -2.23. The molecule has 9 heteroatoms. The lowest BCUT2D eigenvalue weighted by molar-refractivity contribution is 0.102. The largest absolute Gasteiger partial charge is 0.366 e. The lowest BCUT2D eigenvalue weighted by Crippen LogP contribution is -2.24. The number of hydrogen-bond acceptors (Lipinski definition) is 7. The SMILES string of the molecule is Cc1nc(-c2cccc(NC(=O)c3cnc4c(Nc5ccccc5)cc(NC5CCCCC5)nn34)c2)cs1. The van der Waals surface area contributed by atoms with Crippen molar-refractivity contribution in [3.63, 3.8) is 0 Å². The van der Waals surface area contributed by atoms with E-state index in [9.17, 15) is 4.79 Å². The van der Waals surface area contributed by atoms with Crippen molar-refractivity contribution in [1.82, 2.24) is 19.6 Å². The van der Waals surface area contributed by atoms with Gasteiger partial charge in [0.15, 0.2) is 11.3 Å². The van der Waals surface area contributed by atoms with Crippen molar-refractivity contribution >= 4 is 45.8 Å². The highest BCUT2D eigenvalue weighted by atomic mass is 32.1. The summed E-state index contributed by atoms with van der Waals surface area (Å²) in [5.41, 5.74) is 5.20. The van der Waals surface area contributed by atoms with Crippen LogP contribution in [0.2, 0.25) is 0 Å². The van der Waals surface area contributed by atoms with E-state index in [2.05, 4.69) is 25.9 Å². The van der Waals surface area contributed by atoms with Crippen LogP contribution in [0.1, 0.15) is 47.6 Å². The van der Waals surface area contributed by atoms with Gasteiger partial charge in [-0.1, -0.05) is 49.6 Å². The number of benzene rings is 2. The number of para-hydroxylation sites is 1. The zero-order valence-electron chi connectivity index (χ0n) is 21.1. The summed E-state index contributed by atoms with van der Waals surface area (Å²) >= 11 is 1.60. The van der Waals surface area contributed by atoms with E-state index in [0.717, 1.165) is 46.3 Å². The second kappa shape index (κ2) is 10.6. The van der Waals surface area contributed by atoms with Crippen molar-refractivity contribution < 1.29 is 4.79 Å². The Morgan fingerprint density at radius 1 is 1.00 bits per heavy atom. The maximum atomic E-state index is 13.4. The van der Waals surface area contributed by atoms with Crippen LogP contribution in [0.5, 0.6) is 0 Å². The summed E-state index contributed by atoms with van der Waals surface area (Å²) in [7, 11) is 0. The highest BCUT2D eigenvalue weighted by molar-refractivity contribution is 7.09. The second-order valence-corrected chi connectivity index (χ2v) is 10.6. The molecule has 0 aliphatic heterocycles. The van der Waals surface area contributed by atoms with Crippen molar-refractivity contribution in [2.24, 2.45) is 0 Å². The van der Waals surface area contributed by atoms with Crippen LogP contribution in [0.25, 0.3) is 16.9 Å². The maximum Gasteiger partial charge on any atom is 0.276 e. The number of thiazole rings is 1. The van der Waals surface area contributed by atoms with E-state index >= 15 is 0 Å². The highest BCUT2D eigenvalue weighted by Gasteiger charge is 2.20. The number of nitrogens with one attached hydrogen (secondary N) is 3. The molecule has 0 spiro atoms. The molecule has 1 aliphatic rings. The molecule has 0 radical (unpaired) electrons. The number of fused-ring (bicyclic) bond motifs is 1. The van der Waals surface area contributed by atoms with Crippen LogP contribution in [-0.4, -0.2) is 31.5 Å². The van der Waals surface area contributed by atoms with Gasteiger partial charge in [-0.3, -0.25) is 4.79 Å². The van der Waals surface area contributed by atoms with Crippen LogP contribution in [-0.2, 0) is 0 Å². The van der Waals surface area contributed by atoms with E-state index in [0.29, 0.717) is 23.1 Å². The van der Waals surface area contributed by atoms with Gasteiger partial charge in [-0.15, -0.1) is 16.4 Å². The number of nitrogens with zero attached hydrogens (tertiary/aromatic N) is 4. The molecular formula is C29H29N7OS. The molecule has 1 amide bonds. The van der Waals surface area contributed by atoms with E-state index in [1.54, 1.807) is 22.0 Å². The van der Waals surface area contributed by atoms with E-state index in [-0.39, 0.29) is 5.91 Å². The van der Waals surface area contributed by atoms with Crippen LogP contribution < -0.4 is 16.0 Å². The third-order valence-electron chi connectivity index (χ3n) is 6.75. The number of rotatable bonds is 7. The Bertz CT molecular complexity index is 1570. The molecule has 38 heavy (non-hydrogen) atoms. The van der Waals surface area contributed by atoms with E-state index in [1.165, 1.54) is 19.3 Å². The van der Waals surface area contributed by atoms with Crippen LogP contribution in [0, 0.1) is 6.92 Å². The quantitative estimate of drug-likeness (QED) is 0.215. The number of aromatic nitrogens is 4. The molecule has 0 atom stereocenters. The predicted octanol–water partition coefficient (Wildman–Crippen LogP) is 6.90. The smallest absolute Gasteiger partial charge is 0.276 e. The minimum Gasteiger partial charge on any atom is -0.366 e. The predicted molar refractivity (Wildman–Crippen MR) is 153 cm³/mol. The number of carbonyl (C=O) groups excluding carboxylic acids is 1. The summed E-state index contributed by atoms with van der Waals surface area (Å²) in [4.78, 5) is 22.6. The maximum absolute atomic E-state index is 13.4. The molecule has 0 saturated heterocycles. The van der Waals surface area contributed by atoms with Crippen LogP contribution in [0.4, 0.5) is 22.9 Å². The molecule has 1 aliphatic carbocycles. The number of hydrogen-bond donors (Lipinski definition) is 3. The van der Waals surface area contributed by atoms with Gasteiger partial charge in [0.05, 0.1) is 22.6 Å². The Morgan fingerprint density at radius 2 is 1.82 bits per heavy atom. The summed E-state index contributed by atoms with van der Waals surface area (Å²) in [6, 6.07) is 20.0. The summed E-state index contributed by atoms with van der Waals surface area (Å²) in [6.45, 7) is 1.98. The first kappa shape index (κ1) is 24.1. The fourth-order valence-corrected chi connectivity index (χ4v) is 5.49. The molecule has 5 aromatic rings. The number of anilines is 4. The molecule has 3 N–H and O–H groups in total. The van der Waals surface area contributed by atoms with Gasteiger partial charge in [-0.05, 0) is 44.0 Å². The molecule has 8 nitrogen and oxygen atoms in total. The topological polar surface area (TPSA) is 96.2 Å². The monoisotopic (exact) mass is 523 g/mol. The number of carbonyl (C=O) groups is 1. The molecule has 3 aromatic heterocycles. The Balaban J connectivity index is 1.32. The summed E-state index contributed by atoms with van der Waals surface area (Å²) in [5, 5.41) is 17.9. The van der Waals surface area contributed by atoms with Gasteiger partial charge in [0.2, 0.25) is 0 Å². The first-order valence-corrected chi connectivity index (χ1v) is 13.8. The molecule has 2 aromatic carbocycles. The van der Waals surface area contributed by atoms with Gasteiger partial charge >= 0.3 is 0 Å². The number of aryl methyl sites for hydroxylation is 1. The zero-order chi connectivity index (χ0) is 25.9. The van der Waals surface area contributed by atoms with Gasteiger partial charge in [0, 0.05) is 34.4 Å². The first-order chi connectivity index (χ1) is 18.6. The van der Waals surface area contributed by atoms with Crippen molar-refractivity contribution in [2.75, 3.05) is 16.0 Å². The average Bonchev–Trinajstić information content (AvgIpc) is 3.57. The highest BCUT2D eigenvalue weighted by Crippen LogP contribution is 2.28. The molecular weight excluding hydrogens is 494 g/mol. The molecule has 1 saturated carbocycles. The van der Waals surface area contributed by atoms with Crippen LogP contribution in [0.15, 0.2) is 72.2 Å². The fourth-order valence-electron chi connectivity index (χ4n) is 4.87. The Kier molecular flexibility index (Phi) is 6.75. The van der Waals surface area contributed by atoms with Crippen molar-refractivity contribution in [2.45, 2.75) is 45.1 Å². The number of imidazole rings is 1. The molecule has 0 unspecified atom stereocenters. The molecule has 3 heterocycles. The third kappa shape index (κ3) is 5.24. The van der Waals surface area contributed by atoms with Gasteiger partial charge in [-0.25, -0.2) is 14.5 Å². The van der Waals surface area contributed by atoms with Gasteiger partial charge in [-0.2, -0.15) is 0 Å². The fraction of sp³-hybridized carbons (Fsp3) is 0.241. The molecule has 192 valence electrons. The molecule has 0 bridgehead atoms. The van der Waals surface area contributed by atoms with Gasteiger partial charge < -0.3 is 16.0 Å². The van der Waals surface area contributed by atoms with Crippen molar-refractivity contribution in [1.29, 1.82) is 0 Å². The Morgan fingerprint density at radius 3 is 2.61 bits per heavy atom. The Labute approximate surface area is 225 Å². The second-order valence-electron chi connectivity index (χ2n) is 9.58. The van der Waals surface area contributed by atoms with Gasteiger partial charge in [0.1, 0.15) is 5.82 Å². The minimum absolute atomic E-state index is 0.280. The molecule has 1 fully saturated rings. The molecule has 6 rings (SSSR count). The minimum atomic E-state index is -0.280. The zero-order valence-corrected chi connectivity index (χ0v) is 22.0. The van der Waals surface area contributed by atoms with E-state index < -0.39 is 0 Å². The normalized spacial score (nSPS) is 13.9. The van der Waals surface area contributed by atoms with E-state index in [4.69, 9.17) is 5.10 Å². The van der Waals surface area contributed by atoms with Crippen molar-refractivity contribution in [3.8, 4) is 11.3 Å². The van der Waals surface area contributed by atoms with Crippen LogP contribution in [0.3, 0.4) is 0 Å². The summed E-state index contributed by atoms with van der Waals surface area (Å²) in [6.07, 6.45) is 7.52. The number of amides is 1. The average molecular weight is 524 g/mol. The van der Waals surface area contributed by atoms with E-state index in [1.807, 2.05) is 73.0 Å².